The van der Waals surface area contributed by atoms with Crippen LogP contribution in [0, 0.1) is 0 Å². The van der Waals surface area contributed by atoms with Crippen LogP contribution in [0.15, 0.2) is 36.5 Å². The molecule has 1 aliphatic heterocycles. The first kappa shape index (κ1) is 12.8. The van der Waals surface area contributed by atoms with Crippen molar-refractivity contribution in [3.63, 3.8) is 0 Å². The first-order valence-corrected chi connectivity index (χ1v) is 6.98. The van der Waals surface area contributed by atoms with Gasteiger partial charge in [0.25, 0.3) is 5.91 Å². The monoisotopic (exact) mass is 269 g/mol. The Labute approximate surface area is 118 Å². The minimum Gasteiger partial charge on any atom is -0.374 e. The molecule has 0 saturated carbocycles. The number of nitrogens with one attached hydrogen (secondary N) is 2. The SMILES string of the molecule is CN1CCCc2cc(C(=O)NCc3ccc[nH]3)ccc21. The fourth-order valence-electron chi connectivity index (χ4n) is 2.68. The molecule has 4 nitrogen and oxygen atoms in total. The maximum atomic E-state index is 12.2. The van der Waals surface area contributed by atoms with Crippen molar-refractivity contribution in [1.82, 2.24) is 10.3 Å². The maximum absolute atomic E-state index is 12.2. The Balaban J connectivity index is 1.72. The third kappa shape index (κ3) is 2.54. The molecular weight excluding hydrogens is 250 g/mol. The number of aromatic amines is 1. The first-order chi connectivity index (χ1) is 9.74. The van der Waals surface area contributed by atoms with Gasteiger partial charge in [-0.1, -0.05) is 0 Å². The Kier molecular flexibility index (Phi) is 3.46. The Morgan fingerprint density at radius 1 is 1.40 bits per heavy atom. The summed E-state index contributed by atoms with van der Waals surface area (Å²) >= 11 is 0. The number of amides is 1. The molecule has 0 radical (unpaired) electrons. The van der Waals surface area contributed by atoms with E-state index in [1.54, 1.807) is 0 Å². The fourth-order valence-corrected chi connectivity index (χ4v) is 2.68. The number of hydrogen-bond acceptors (Lipinski definition) is 2. The molecule has 2 heterocycles. The molecule has 2 N–H and O–H groups in total. The van der Waals surface area contributed by atoms with Crippen molar-refractivity contribution < 1.29 is 4.79 Å². The van der Waals surface area contributed by atoms with E-state index in [9.17, 15) is 4.79 Å². The van der Waals surface area contributed by atoms with Crippen LogP contribution in [0.25, 0.3) is 0 Å². The first-order valence-electron chi connectivity index (χ1n) is 6.98. The van der Waals surface area contributed by atoms with E-state index >= 15 is 0 Å². The lowest BCUT2D eigenvalue weighted by Crippen LogP contribution is -2.26. The lowest BCUT2D eigenvalue weighted by atomic mass is 9.99. The zero-order chi connectivity index (χ0) is 13.9. The second-order valence-corrected chi connectivity index (χ2v) is 5.25. The molecule has 0 atom stereocenters. The smallest absolute Gasteiger partial charge is 0.251 e. The van der Waals surface area contributed by atoms with Crippen LogP contribution in [0.1, 0.15) is 28.0 Å². The second-order valence-electron chi connectivity index (χ2n) is 5.25. The molecule has 0 unspecified atom stereocenters. The number of benzene rings is 1. The lowest BCUT2D eigenvalue weighted by molar-refractivity contribution is 0.0950. The number of fused-ring (bicyclic) bond motifs is 1. The summed E-state index contributed by atoms with van der Waals surface area (Å²) in [5, 5.41) is 2.94. The van der Waals surface area contributed by atoms with Crippen molar-refractivity contribution in [2.75, 3.05) is 18.5 Å². The van der Waals surface area contributed by atoms with Gasteiger partial charge in [-0.15, -0.1) is 0 Å². The number of aryl methyl sites for hydroxylation is 1. The normalized spacial score (nSPS) is 13.9. The average Bonchev–Trinajstić information content (AvgIpc) is 2.98. The summed E-state index contributed by atoms with van der Waals surface area (Å²) in [6.45, 7) is 1.62. The van der Waals surface area contributed by atoms with Crippen LogP contribution in [-0.2, 0) is 13.0 Å². The topological polar surface area (TPSA) is 48.1 Å². The molecule has 2 aromatic rings. The number of carbonyl (C=O) groups excluding carboxylic acids is 1. The molecular formula is C16H19N3O. The van der Waals surface area contributed by atoms with E-state index in [2.05, 4.69) is 28.3 Å². The number of nitrogens with zero attached hydrogens (tertiary/aromatic N) is 1. The van der Waals surface area contributed by atoms with E-state index in [0.717, 1.165) is 30.6 Å². The minimum absolute atomic E-state index is 0.0179. The van der Waals surface area contributed by atoms with Crippen molar-refractivity contribution in [3.8, 4) is 0 Å². The molecule has 1 aromatic carbocycles. The highest BCUT2D eigenvalue weighted by Crippen LogP contribution is 2.26. The van der Waals surface area contributed by atoms with Gasteiger partial charge in [0.2, 0.25) is 0 Å². The fraction of sp³-hybridized carbons (Fsp3) is 0.312. The van der Waals surface area contributed by atoms with Crippen LogP contribution in [0.3, 0.4) is 0 Å². The molecule has 104 valence electrons. The third-order valence-corrected chi connectivity index (χ3v) is 3.79. The Bertz CT molecular complexity index is 604. The molecule has 1 aromatic heterocycles. The van der Waals surface area contributed by atoms with Crippen molar-refractivity contribution in [2.45, 2.75) is 19.4 Å². The number of carbonyl (C=O) groups is 1. The molecule has 0 aliphatic carbocycles. The summed E-state index contributed by atoms with van der Waals surface area (Å²) in [6.07, 6.45) is 4.06. The summed E-state index contributed by atoms with van der Waals surface area (Å²) in [6, 6.07) is 9.87. The number of rotatable bonds is 3. The molecule has 3 rings (SSSR count). The van der Waals surface area contributed by atoms with Gasteiger partial charge in [0.1, 0.15) is 0 Å². The van der Waals surface area contributed by atoms with E-state index in [1.807, 2.05) is 30.5 Å². The van der Waals surface area contributed by atoms with Crippen LogP contribution in [0.5, 0.6) is 0 Å². The van der Waals surface area contributed by atoms with E-state index in [4.69, 9.17) is 0 Å². The van der Waals surface area contributed by atoms with Gasteiger partial charge in [0.15, 0.2) is 0 Å². The Morgan fingerprint density at radius 2 is 2.30 bits per heavy atom. The maximum Gasteiger partial charge on any atom is 0.251 e. The van der Waals surface area contributed by atoms with Gasteiger partial charge in [0.05, 0.1) is 6.54 Å². The highest BCUT2D eigenvalue weighted by molar-refractivity contribution is 5.94. The quantitative estimate of drug-likeness (QED) is 0.898. The van der Waals surface area contributed by atoms with Gasteiger partial charge in [-0.05, 0) is 48.7 Å². The lowest BCUT2D eigenvalue weighted by Gasteiger charge is -2.27. The molecule has 4 heteroatoms. The van der Waals surface area contributed by atoms with Gasteiger partial charge in [0, 0.05) is 36.7 Å². The van der Waals surface area contributed by atoms with E-state index in [1.165, 1.54) is 11.3 Å². The molecule has 0 spiro atoms. The van der Waals surface area contributed by atoms with Crippen molar-refractivity contribution in [2.24, 2.45) is 0 Å². The summed E-state index contributed by atoms with van der Waals surface area (Å²) < 4.78 is 0. The molecule has 0 saturated heterocycles. The largest absolute Gasteiger partial charge is 0.374 e. The Morgan fingerprint density at radius 3 is 3.10 bits per heavy atom. The van der Waals surface area contributed by atoms with E-state index in [-0.39, 0.29) is 5.91 Å². The van der Waals surface area contributed by atoms with Gasteiger partial charge in [-0.2, -0.15) is 0 Å². The van der Waals surface area contributed by atoms with Gasteiger partial charge in [-0.3, -0.25) is 4.79 Å². The van der Waals surface area contributed by atoms with Crippen LogP contribution in [0.2, 0.25) is 0 Å². The predicted octanol–water partition coefficient (Wildman–Crippen LogP) is 2.33. The second kappa shape index (κ2) is 5.41. The molecule has 0 bridgehead atoms. The van der Waals surface area contributed by atoms with Gasteiger partial charge < -0.3 is 15.2 Å². The van der Waals surface area contributed by atoms with Crippen LogP contribution in [0.4, 0.5) is 5.69 Å². The van der Waals surface area contributed by atoms with Gasteiger partial charge in [-0.25, -0.2) is 0 Å². The zero-order valence-corrected chi connectivity index (χ0v) is 11.6. The van der Waals surface area contributed by atoms with Crippen molar-refractivity contribution >= 4 is 11.6 Å². The standard InChI is InChI=1S/C16H19N3O/c1-19-9-3-4-12-10-13(6-7-15(12)19)16(20)18-11-14-5-2-8-17-14/h2,5-8,10,17H,3-4,9,11H2,1H3,(H,18,20). The summed E-state index contributed by atoms with van der Waals surface area (Å²) in [7, 11) is 2.10. The number of aromatic nitrogens is 1. The highest BCUT2D eigenvalue weighted by atomic mass is 16.1. The van der Waals surface area contributed by atoms with Gasteiger partial charge >= 0.3 is 0 Å². The molecule has 20 heavy (non-hydrogen) atoms. The minimum atomic E-state index is -0.0179. The number of anilines is 1. The summed E-state index contributed by atoms with van der Waals surface area (Å²) in [5.74, 6) is -0.0179. The van der Waals surface area contributed by atoms with Crippen LogP contribution >= 0.6 is 0 Å². The van der Waals surface area contributed by atoms with Crippen LogP contribution in [-0.4, -0.2) is 24.5 Å². The van der Waals surface area contributed by atoms with Crippen LogP contribution < -0.4 is 10.2 Å². The number of hydrogen-bond donors (Lipinski definition) is 2. The molecule has 0 fully saturated rings. The number of H-pyrrole nitrogens is 1. The molecule has 1 amide bonds. The van der Waals surface area contributed by atoms with Crippen molar-refractivity contribution in [3.05, 3.63) is 53.3 Å². The molecule has 1 aliphatic rings. The highest BCUT2D eigenvalue weighted by Gasteiger charge is 2.15. The third-order valence-electron chi connectivity index (χ3n) is 3.79. The predicted molar refractivity (Wildman–Crippen MR) is 80.0 cm³/mol. The van der Waals surface area contributed by atoms with E-state index in [0.29, 0.717) is 6.54 Å². The summed E-state index contributed by atoms with van der Waals surface area (Å²) in [5.41, 5.74) is 4.27. The average molecular weight is 269 g/mol. The summed E-state index contributed by atoms with van der Waals surface area (Å²) in [4.78, 5) is 17.5. The van der Waals surface area contributed by atoms with E-state index < -0.39 is 0 Å². The Hall–Kier alpha value is -2.23. The zero-order valence-electron chi connectivity index (χ0n) is 11.6. The van der Waals surface area contributed by atoms with Crippen molar-refractivity contribution in [1.29, 1.82) is 0 Å².